The summed E-state index contributed by atoms with van der Waals surface area (Å²) in [7, 11) is -9.96. The zero-order valence-electron chi connectivity index (χ0n) is 63.4. The molecule has 17 nitrogen and oxygen atoms in total. The minimum atomic E-state index is -4.98. The molecule has 580 valence electrons. The first-order valence-electron chi connectivity index (χ1n) is 39.8. The van der Waals surface area contributed by atoms with Crippen LogP contribution in [0.25, 0.3) is 0 Å². The molecule has 0 spiro atoms. The van der Waals surface area contributed by atoms with E-state index >= 15 is 0 Å². The third-order valence-corrected chi connectivity index (χ3v) is 18.8. The number of unbranched alkanes of at least 4 members (excludes halogenated alkanes) is 35. The van der Waals surface area contributed by atoms with Gasteiger partial charge in [-0.3, -0.25) is 37.3 Å². The van der Waals surface area contributed by atoms with Gasteiger partial charge in [0.2, 0.25) is 0 Å². The fraction of sp³-hybridized carbons (Fsp3) is 0.778. The Kier molecular flexibility index (Phi) is 70.8. The van der Waals surface area contributed by atoms with Gasteiger partial charge in [-0.15, -0.1) is 0 Å². The van der Waals surface area contributed by atoms with E-state index in [0.717, 1.165) is 141 Å². The van der Waals surface area contributed by atoms with Gasteiger partial charge in [-0.05, 0) is 103 Å². The van der Waals surface area contributed by atoms with Crippen molar-refractivity contribution in [2.75, 3.05) is 39.6 Å². The van der Waals surface area contributed by atoms with Crippen molar-refractivity contribution >= 4 is 39.5 Å². The van der Waals surface area contributed by atoms with E-state index in [1.807, 2.05) is 0 Å². The van der Waals surface area contributed by atoms with Crippen LogP contribution < -0.4 is 0 Å². The highest BCUT2D eigenvalue weighted by molar-refractivity contribution is 7.47. The zero-order valence-corrected chi connectivity index (χ0v) is 65.2. The number of carbonyl (C=O) groups excluding carboxylic acids is 4. The smallest absolute Gasteiger partial charge is 0.462 e. The second-order valence-corrected chi connectivity index (χ2v) is 29.5. The van der Waals surface area contributed by atoms with Gasteiger partial charge in [0.1, 0.15) is 19.3 Å². The van der Waals surface area contributed by atoms with E-state index in [0.29, 0.717) is 25.7 Å². The molecular formula is C81H144O17P2. The van der Waals surface area contributed by atoms with E-state index in [-0.39, 0.29) is 25.7 Å². The van der Waals surface area contributed by atoms with Crippen molar-refractivity contribution < 1.29 is 80.2 Å². The maximum atomic E-state index is 13.1. The summed E-state index contributed by atoms with van der Waals surface area (Å²) in [5.41, 5.74) is 0. The Balaban J connectivity index is 5.36. The average Bonchev–Trinajstić information content (AvgIpc) is 0.929. The molecule has 19 heteroatoms. The molecule has 0 radical (unpaired) electrons. The Morgan fingerprint density at radius 3 is 0.830 bits per heavy atom. The fourth-order valence-electron chi connectivity index (χ4n) is 10.8. The number of hydrogen-bond acceptors (Lipinski definition) is 15. The van der Waals surface area contributed by atoms with E-state index in [1.165, 1.54) is 128 Å². The Morgan fingerprint density at radius 1 is 0.290 bits per heavy atom. The number of carbonyl (C=O) groups is 4. The molecule has 0 aliphatic carbocycles. The highest BCUT2D eigenvalue weighted by Crippen LogP contribution is 2.45. The number of phosphoric ester groups is 2. The molecule has 0 rings (SSSR count). The maximum Gasteiger partial charge on any atom is 0.472 e. The van der Waals surface area contributed by atoms with Crippen LogP contribution >= 0.6 is 15.6 Å². The van der Waals surface area contributed by atoms with Crippen molar-refractivity contribution in [2.45, 2.75) is 367 Å². The van der Waals surface area contributed by atoms with Gasteiger partial charge in [0.05, 0.1) is 26.4 Å². The summed E-state index contributed by atoms with van der Waals surface area (Å²) in [5.74, 6) is -2.20. The first-order valence-corrected chi connectivity index (χ1v) is 42.8. The van der Waals surface area contributed by atoms with Gasteiger partial charge in [-0.2, -0.15) is 0 Å². The summed E-state index contributed by atoms with van der Waals surface area (Å²) in [6, 6.07) is 0. The second kappa shape index (κ2) is 73.5. The van der Waals surface area contributed by atoms with Crippen LogP contribution in [0.5, 0.6) is 0 Å². The summed E-state index contributed by atoms with van der Waals surface area (Å²) >= 11 is 0. The molecule has 0 heterocycles. The summed E-state index contributed by atoms with van der Waals surface area (Å²) < 4.78 is 68.6. The molecule has 2 unspecified atom stereocenters. The highest BCUT2D eigenvalue weighted by atomic mass is 31.2. The number of ether oxygens (including phenoxy) is 4. The number of phosphoric acid groups is 2. The Morgan fingerprint density at radius 2 is 0.520 bits per heavy atom. The summed E-state index contributed by atoms with van der Waals surface area (Å²) in [6.07, 6.45) is 75.6. The highest BCUT2D eigenvalue weighted by Gasteiger charge is 2.30. The molecule has 0 saturated carbocycles. The number of hydrogen-bond donors (Lipinski definition) is 3. The van der Waals surface area contributed by atoms with Crippen LogP contribution in [-0.2, 0) is 65.4 Å². The monoisotopic (exact) mass is 1450 g/mol. The van der Waals surface area contributed by atoms with Crippen LogP contribution in [0, 0.1) is 0 Å². The van der Waals surface area contributed by atoms with Gasteiger partial charge in [-0.25, -0.2) is 9.13 Å². The summed E-state index contributed by atoms with van der Waals surface area (Å²) in [5, 5.41) is 10.6. The molecule has 3 N–H and O–H groups in total. The SMILES string of the molecule is CC/C=C\C/C=C\C/C=C\C/C=C\C/C=C\CCCCCC(=O)O[C@H](COC(=O)CCCCCCCCCCCCCCC)COP(=O)(O)OC[C@H](O)COP(=O)(O)OC[C@@H](COC(=O)CCCCCCC/C=C\C/C=C\CCCCC)OC(=O)CCCCCCCCCCCCCCC. The van der Waals surface area contributed by atoms with Crippen molar-refractivity contribution in [3.8, 4) is 0 Å². The van der Waals surface area contributed by atoms with Gasteiger partial charge in [0, 0.05) is 25.7 Å². The second-order valence-electron chi connectivity index (χ2n) is 26.6. The van der Waals surface area contributed by atoms with Crippen LogP contribution in [0.15, 0.2) is 85.1 Å². The quantitative estimate of drug-likeness (QED) is 0.0169. The van der Waals surface area contributed by atoms with Gasteiger partial charge < -0.3 is 33.8 Å². The lowest BCUT2D eigenvalue weighted by molar-refractivity contribution is -0.161. The molecule has 0 aliphatic heterocycles. The predicted octanol–water partition coefficient (Wildman–Crippen LogP) is 23.0. The lowest BCUT2D eigenvalue weighted by Crippen LogP contribution is -2.30. The normalized spacial score (nSPS) is 14.3. The number of aliphatic hydroxyl groups excluding tert-OH is 1. The van der Waals surface area contributed by atoms with Crippen LogP contribution in [0.3, 0.4) is 0 Å². The van der Waals surface area contributed by atoms with Crippen molar-refractivity contribution in [1.82, 2.24) is 0 Å². The molecule has 0 aromatic carbocycles. The van der Waals surface area contributed by atoms with Gasteiger partial charge in [0.25, 0.3) is 0 Å². The molecule has 0 amide bonds. The largest absolute Gasteiger partial charge is 0.472 e. The number of allylic oxidation sites excluding steroid dienone is 14. The van der Waals surface area contributed by atoms with Crippen molar-refractivity contribution in [1.29, 1.82) is 0 Å². The van der Waals surface area contributed by atoms with Crippen LogP contribution in [0.2, 0.25) is 0 Å². The topological polar surface area (TPSA) is 237 Å². The number of rotatable bonds is 75. The number of esters is 4. The van der Waals surface area contributed by atoms with E-state index in [9.17, 15) is 43.2 Å². The average molecular weight is 1450 g/mol. The molecule has 5 atom stereocenters. The molecule has 100 heavy (non-hydrogen) atoms. The van der Waals surface area contributed by atoms with E-state index in [4.69, 9.17) is 37.0 Å². The minimum absolute atomic E-state index is 0.0585. The summed E-state index contributed by atoms with van der Waals surface area (Å²) in [6.45, 7) is 4.73. The van der Waals surface area contributed by atoms with Crippen LogP contribution in [-0.4, -0.2) is 96.7 Å². The fourth-order valence-corrected chi connectivity index (χ4v) is 12.4. The molecule has 0 saturated heterocycles. The maximum absolute atomic E-state index is 13.1. The molecule has 0 aliphatic rings. The van der Waals surface area contributed by atoms with Crippen LogP contribution in [0.1, 0.15) is 349 Å². The predicted molar refractivity (Wildman–Crippen MR) is 409 cm³/mol. The third kappa shape index (κ3) is 72.6. The Hall–Kier alpha value is -3.76. The van der Waals surface area contributed by atoms with E-state index in [2.05, 4.69) is 113 Å². The molecule has 0 aromatic rings. The van der Waals surface area contributed by atoms with Gasteiger partial charge in [-0.1, -0.05) is 305 Å². The van der Waals surface area contributed by atoms with Crippen molar-refractivity contribution in [3.05, 3.63) is 85.1 Å². The van der Waals surface area contributed by atoms with E-state index < -0.39 is 97.5 Å². The van der Waals surface area contributed by atoms with Crippen molar-refractivity contribution in [3.63, 3.8) is 0 Å². The van der Waals surface area contributed by atoms with E-state index in [1.54, 1.807) is 0 Å². The molecule has 0 aromatic heterocycles. The lowest BCUT2D eigenvalue weighted by atomic mass is 10.0. The molecular weight excluding hydrogens is 1310 g/mol. The zero-order chi connectivity index (χ0) is 73.2. The summed E-state index contributed by atoms with van der Waals surface area (Å²) in [4.78, 5) is 72.9. The number of aliphatic hydroxyl groups is 1. The Labute approximate surface area is 608 Å². The van der Waals surface area contributed by atoms with Gasteiger partial charge in [0.15, 0.2) is 12.2 Å². The third-order valence-electron chi connectivity index (χ3n) is 16.9. The minimum Gasteiger partial charge on any atom is -0.462 e. The molecule has 0 bridgehead atoms. The molecule has 0 fully saturated rings. The first kappa shape index (κ1) is 96.2. The standard InChI is InChI=1S/C81H144O17P2/c1-5-9-13-17-21-25-29-33-35-36-37-38-40-44-48-52-56-60-64-68-81(86)98-77(71-91-78(83)65-61-57-53-49-45-41-31-27-23-19-15-11-7-3)74-96-100(89,90)94-70-75(82)69-93-99(87,88)95-73-76(97-80(85)67-63-59-55-51-47-42-32-28-24-20-16-12-8-4)72-92-79(84)66-62-58-54-50-46-43-39-34-30-26-22-18-14-10-6-2/h9,13,21-22,25-26,33-35,37-39,44,48,75-77,82H,5-8,10-12,14-20,23-24,27-32,36,40-43,45-47,49-74H2,1-4H3,(H,87,88)(H,89,90)/b13-9-,25-21-,26-22-,35-33-,38-37-,39-34-,48-44-/t75-,76-,77-/m1/s1. The van der Waals surface area contributed by atoms with Gasteiger partial charge >= 0.3 is 39.5 Å². The van der Waals surface area contributed by atoms with Crippen LogP contribution in [0.4, 0.5) is 0 Å². The van der Waals surface area contributed by atoms with Crippen molar-refractivity contribution in [2.24, 2.45) is 0 Å². The lowest BCUT2D eigenvalue weighted by Gasteiger charge is -2.21. The first-order chi connectivity index (χ1) is 48.7. The Bertz CT molecular complexity index is 2230.